The quantitative estimate of drug-likeness (QED) is 0.306. The zero-order valence-corrected chi connectivity index (χ0v) is 17.2. The molecular formula is C28H25N. The molecule has 0 N–H and O–H groups in total. The van der Waals surface area contributed by atoms with Crippen molar-refractivity contribution in [3.63, 3.8) is 0 Å². The summed E-state index contributed by atoms with van der Waals surface area (Å²) >= 11 is 0. The van der Waals surface area contributed by atoms with Gasteiger partial charge in [-0.25, -0.2) is 0 Å². The molecule has 4 aromatic rings. The van der Waals surface area contributed by atoms with Gasteiger partial charge in [0, 0.05) is 17.8 Å². The van der Waals surface area contributed by atoms with Gasteiger partial charge in [0.05, 0.1) is 5.69 Å². The van der Waals surface area contributed by atoms with Crippen molar-refractivity contribution < 1.29 is 0 Å². The van der Waals surface area contributed by atoms with Crippen LogP contribution in [0, 0.1) is 20.8 Å². The Hall–Kier alpha value is -3.32. The zero-order chi connectivity index (χ0) is 20.0. The molecule has 0 radical (unpaired) electrons. The van der Waals surface area contributed by atoms with Crippen LogP contribution in [0.15, 0.2) is 84.9 Å². The minimum Gasteiger partial charge on any atom is -0.310 e. The Bertz CT molecular complexity index is 1190. The smallest absolute Gasteiger partial charge is 0.0535 e. The fraction of sp³-hybridized carbons (Fsp3) is 0.143. The summed E-state index contributed by atoms with van der Waals surface area (Å²) in [4.78, 5) is 2.46. The Balaban J connectivity index is 1.88. The van der Waals surface area contributed by atoms with Gasteiger partial charge >= 0.3 is 0 Å². The molecule has 1 heterocycles. The Morgan fingerprint density at radius 1 is 0.621 bits per heavy atom. The van der Waals surface area contributed by atoms with Crippen LogP contribution < -0.4 is 4.90 Å². The zero-order valence-electron chi connectivity index (χ0n) is 17.2. The molecule has 0 amide bonds. The Morgan fingerprint density at radius 2 is 1.24 bits per heavy atom. The molecular weight excluding hydrogens is 350 g/mol. The van der Waals surface area contributed by atoms with E-state index in [9.17, 15) is 0 Å². The molecule has 0 unspecified atom stereocenters. The van der Waals surface area contributed by atoms with Gasteiger partial charge in [-0.1, -0.05) is 66.7 Å². The van der Waals surface area contributed by atoms with Crippen LogP contribution in [0.2, 0.25) is 0 Å². The van der Waals surface area contributed by atoms with E-state index >= 15 is 0 Å². The highest BCUT2D eigenvalue weighted by atomic mass is 15.2. The van der Waals surface area contributed by atoms with Crippen LogP contribution in [0.25, 0.3) is 11.1 Å². The van der Waals surface area contributed by atoms with E-state index in [0.29, 0.717) is 0 Å². The van der Waals surface area contributed by atoms with Crippen LogP contribution in [-0.4, -0.2) is 0 Å². The lowest BCUT2D eigenvalue weighted by Crippen LogP contribution is -2.21. The summed E-state index contributed by atoms with van der Waals surface area (Å²) in [5.41, 5.74) is 13.5. The Labute approximate surface area is 173 Å². The molecule has 0 atom stereocenters. The molecule has 0 bridgehead atoms. The van der Waals surface area contributed by atoms with Crippen molar-refractivity contribution in [2.45, 2.75) is 27.2 Å². The first-order valence-electron chi connectivity index (χ1n) is 10.3. The molecule has 0 spiro atoms. The maximum absolute atomic E-state index is 2.46. The number of benzene rings is 4. The van der Waals surface area contributed by atoms with Gasteiger partial charge in [-0.05, 0) is 77.9 Å². The number of anilines is 3. The lowest BCUT2D eigenvalue weighted by atomic mass is 9.82. The van der Waals surface area contributed by atoms with Crippen molar-refractivity contribution in [3.8, 4) is 11.1 Å². The molecule has 0 aliphatic carbocycles. The Morgan fingerprint density at radius 3 is 1.97 bits per heavy atom. The van der Waals surface area contributed by atoms with Crippen molar-refractivity contribution in [1.29, 1.82) is 0 Å². The van der Waals surface area contributed by atoms with Gasteiger partial charge in [0.15, 0.2) is 0 Å². The van der Waals surface area contributed by atoms with Gasteiger partial charge in [0.25, 0.3) is 0 Å². The molecule has 1 aliphatic rings. The van der Waals surface area contributed by atoms with Crippen LogP contribution in [0.4, 0.5) is 17.1 Å². The second-order valence-electron chi connectivity index (χ2n) is 7.92. The average Bonchev–Trinajstić information content (AvgIpc) is 2.78. The third kappa shape index (κ3) is 2.77. The molecule has 4 aromatic carbocycles. The molecule has 0 fully saturated rings. The summed E-state index contributed by atoms with van der Waals surface area (Å²) in [7, 11) is 0. The lowest BCUT2D eigenvalue weighted by molar-refractivity contribution is 1.06. The van der Waals surface area contributed by atoms with Gasteiger partial charge < -0.3 is 4.90 Å². The summed E-state index contributed by atoms with van der Waals surface area (Å²) < 4.78 is 0. The normalized spacial score (nSPS) is 12.4. The monoisotopic (exact) mass is 375 g/mol. The maximum Gasteiger partial charge on any atom is 0.0535 e. The molecule has 5 rings (SSSR count). The van der Waals surface area contributed by atoms with Crippen LogP contribution in [0.3, 0.4) is 0 Å². The predicted octanol–water partition coefficient (Wildman–Crippen LogP) is 7.65. The molecule has 29 heavy (non-hydrogen) atoms. The highest BCUT2D eigenvalue weighted by molar-refractivity contribution is 5.91. The third-order valence-corrected chi connectivity index (χ3v) is 6.34. The predicted molar refractivity (Wildman–Crippen MR) is 124 cm³/mol. The van der Waals surface area contributed by atoms with E-state index < -0.39 is 0 Å². The molecule has 0 aromatic heterocycles. The maximum atomic E-state index is 2.46. The number of hydrogen-bond acceptors (Lipinski definition) is 1. The van der Waals surface area contributed by atoms with Gasteiger partial charge in [-0.2, -0.15) is 0 Å². The lowest BCUT2D eigenvalue weighted by Gasteiger charge is -2.37. The first kappa shape index (κ1) is 17.8. The van der Waals surface area contributed by atoms with Gasteiger partial charge in [-0.15, -0.1) is 0 Å². The average molecular weight is 376 g/mol. The molecule has 1 nitrogen and oxygen atoms in total. The molecule has 0 saturated carbocycles. The SMILES string of the molecule is Cc1c(C)c(-c2ccccc2)c2c(c1C)N(c1ccccc1)c1ccccc1C2. The van der Waals surface area contributed by atoms with Crippen molar-refractivity contribution >= 4 is 17.1 Å². The highest BCUT2D eigenvalue weighted by Gasteiger charge is 2.29. The summed E-state index contributed by atoms with van der Waals surface area (Å²) in [6.07, 6.45) is 0.959. The topological polar surface area (TPSA) is 3.24 Å². The number of para-hydroxylation sites is 2. The Kier molecular flexibility index (Phi) is 4.24. The molecule has 142 valence electrons. The molecule has 1 aliphatic heterocycles. The van der Waals surface area contributed by atoms with Crippen LogP contribution in [0.5, 0.6) is 0 Å². The fourth-order valence-electron chi connectivity index (χ4n) is 4.72. The fourth-order valence-corrected chi connectivity index (χ4v) is 4.72. The van der Waals surface area contributed by atoms with Crippen LogP contribution >= 0.6 is 0 Å². The number of nitrogens with zero attached hydrogens (tertiary/aromatic N) is 1. The second kappa shape index (κ2) is 6.93. The summed E-state index contributed by atoms with van der Waals surface area (Å²) in [6, 6.07) is 30.4. The van der Waals surface area contributed by atoms with E-state index in [1.165, 1.54) is 56.0 Å². The largest absolute Gasteiger partial charge is 0.310 e. The van der Waals surface area contributed by atoms with E-state index in [4.69, 9.17) is 0 Å². The van der Waals surface area contributed by atoms with E-state index in [0.717, 1.165) is 6.42 Å². The summed E-state index contributed by atoms with van der Waals surface area (Å²) in [6.45, 7) is 6.82. The van der Waals surface area contributed by atoms with Crippen molar-refractivity contribution in [2.24, 2.45) is 0 Å². The van der Waals surface area contributed by atoms with E-state index in [1.54, 1.807) is 0 Å². The van der Waals surface area contributed by atoms with Crippen molar-refractivity contribution in [3.05, 3.63) is 113 Å². The van der Waals surface area contributed by atoms with Gasteiger partial charge in [0.1, 0.15) is 0 Å². The number of hydrogen-bond donors (Lipinski definition) is 0. The number of rotatable bonds is 2. The third-order valence-electron chi connectivity index (χ3n) is 6.34. The van der Waals surface area contributed by atoms with Crippen molar-refractivity contribution in [2.75, 3.05) is 4.90 Å². The van der Waals surface area contributed by atoms with Crippen LogP contribution in [-0.2, 0) is 6.42 Å². The van der Waals surface area contributed by atoms with Crippen LogP contribution in [0.1, 0.15) is 27.8 Å². The summed E-state index contributed by atoms with van der Waals surface area (Å²) in [5.74, 6) is 0. The number of fused-ring (bicyclic) bond motifs is 2. The van der Waals surface area contributed by atoms with E-state index in [1.807, 2.05) is 0 Å². The van der Waals surface area contributed by atoms with Crippen molar-refractivity contribution in [1.82, 2.24) is 0 Å². The minimum absolute atomic E-state index is 0.959. The summed E-state index contributed by atoms with van der Waals surface area (Å²) in [5, 5.41) is 0. The second-order valence-corrected chi connectivity index (χ2v) is 7.92. The van der Waals surface area contributed by atoms with Gasteiger partial charge in [0.2, 0.25) is 0 Å². The minimum atomic E-state index is 0.959. The van der Waals surface area contributed by atoms with E-state index in [2.05, 4.69) is 111 Å². The standard InChI is InChI=1S/C28H25N/c1-19-20(2)27(22-12-6-4-7-13-22)25-18-23-14-10-11-17-26(23)29(28(25)21(19)3)24-15-8-5-9-16-24/h4-17H,18H2,1-3H3. The highest BCUT2D eigenvalue weighted by Crippen LogP contribution is 2.50. The van der Waals surface area contributed by atoms with E-state index in [-0.39, 0.29) is 0 Å². The van der Waals surface area contributed by atoms with Gasteiger partial charge in [-0.3, -0.25) is 0 Å². The first-order chi connectivity index (χ1) is 14.2. The molecule has 0 saturated heterocycles. The first-order valence-corrected chi connectivity index (χ1v) is 10.3. The molecule has 1 heteroatoms.